The first-order valence-electron chi connectivity index (χ1n) is 7.39. The zero-order valence-electron chi connectivity index (χ0n) is 13.8. The summed E-state index contributed by atoms with van der Waals surface area (Å²) in [6.07, 6.45) is 0. The van der Waals surface area contributed by atoms with Crippen LogP contribution in [-0.2, 0) is 15.7 Å². The van der Waals surface area contributed by atoms with Gasteiger partial charge in [-0.25, -0.2) is 9.19 Å². The van der Waals surface area contributed by atoms with E-state index < -0.39 is 23.6 Å². The molecule has 0 spiro atoms. The molecule has 0 bridgehead atoms. The van der Waals surface area contributed by atoms with Crippen LogP contribution in [-0.4, -0.2) is 21.6 Å². The van der Waals surface area contributed by atoms with Gasteiger partial charge in [0.2, 0.25) is 0 Å². The standard InChI is InChI=1S/C14H13N4O7PS/c1-26(23,24-10-2-3-27-7-10)25-15-6-8-4-9(18(21)22)5-11-12(8)17-14(20)13(19)16-11/h2-5,7,15H,6H2,1H3,(H,16,19)(H,17,20). The van der Waals surface area contributed by atoms with Crippen molar-refractivity contribution in [2.75, 3.05) is 6.66 Å². The van der Waals surface area contributed by atoms with E-state index in [9.17, 15) is 24.3 Å². The van der Waals surface area contributed by atoms with Gasteiger partial charge in [-0.15, -0.1) is 11.3 Å². The van der Waals surface area contributed by atoms with Crippen LogP contribution in [0.2, 0.25) is 0 Å². The van der Waals surface area contributed by atoms with Crippen molar-refractivity contribution in [3.05, 3.63) is 65.3 Å². The van der Waals surface area contributed by atoms with Gasteiger partial charge in [-0.1, -0.05) is 0 Å². The van der Waals surface area contributed by atoms with E-state index in [1.165, 1.54) is 24.1 Å². The molecule has 0 amide bonds. The van der Waals surface area contributed by atoms with Crippen LogP contribution in [0, 0.1) is 10.1 Å². The second-order valence-electron chi connectivity index (χ2n) is 5.43. The second kappa shape index (κ2) is 7.45. The van der Waals surface area contributed by atoms with Gasteiger partial charge in [-0.3, -0.25) is 19.7 Å². The normalized spacial score (nSPS) is 13.4. The van der Waals surface area contributed by atoms with E-state index in [4.69, 9.17) is 9.15 Å². The van der Waals surface area contributed by atoms with E-state index >= 15 is 0 Å². The zero-order valence-corrected chi connectivity index (χ0v) is 15.5. The van der Waals surface area contributed by atoms with Crippen molar-refractivity contribution in [1.82, 2.24) is 15.4 Å². The van der Waals surface area contributed by atoms with Gasteiger partial charge in [0.05, 0.1) is 22.6 Å². The Balaban J connectivity index is 1.84. The van der Waals surface area contributed by atoms with Crippen molar-refractivity contribution in [3.8, 4) is 5.75 Å². The van der Waals surface area contributed by atoms with Gasteiger partial charge >= 0.3 is 18.7 Å². The van der Waals surface area contributed by atoms with Crippen molar-refractivity contribution in [2.45, 2.75) is 6.54 Å². The summed E-state index contributed by atoms with van der Waals surface area (Å²) in [5.74, 6) is 0.385. The van der Waals surface area contributed by atoms with Crippen LogP contribution in [0.4, 0.5) is 5.69 Å². The first kappa shape index (κ1) is 19.0. The number of rotatable bonds is 7. The number of hydroxylamine groups is 1. The van der Waals surface area contributed by atoms with E-state index in [0.717, 1.165) is 6.07 Å². The topological polar surface area (TPSA) is 156 Å². The fourth-order valence-electron chi connectivity index (χ4n) is 2.27. The van der Waals surface area contributed by atoms with Gasteiger partial charge in [0, 0.05) is 29.6 Å². The Hall–Kier alpha value is -2.79. The third-order valence-electron chi connectivity index (χ3n) is 3.37. The maximum Gasteiger partial charge on any atom is 0.392 e. The Morgan fingerprint density at radius 1 is 1.30 bits per heavy atom. The maximum atomic E-state index is 12.3. The van der Waals surface area contributed by atoms with Crippen LogP contribution < -0.4 is 21.1 Å². The third kappa shape index (κ3) is 4.49. The van der Waals surface area contributed by atoms with Crippen molar-refractivity contribution in [3.63, 3.8) is 0 Å². The van der Waals surface area contributed by atoms with Gasteiger partial charge in [-0.2, -0.15) is 5.48 Å². The van der Waals surface area contributed by atoms with E-state index in [0.29, 0.717) is 5.75 Å². The number of nitrogens with zero attached hydrogens (tertiary/aromatic N) is 1. The molecule has 0 aliphatic heterocycles. The smallest absolute Gasteiger partial charge is 0.392 e. The molecule has 3 N–H and O–H groups in total. The number of H-pyrrole nitrogens is 2. The van der Waals surface area contributed by atoms with E-state index in [2.05, 4.69) is 15.4 Å². The van der Waals surface area contributed by atoms with Crippen molar-refractivity contribution < 1.29 is 18.6 Å². The quantitative estimate of drug-likeness (QED) is 0.230. The van der Waals surface area contributed by atoms with Gasteiger partial charge in [0.15, 0.2) is 0 Å². The molecule has 1 atom stereocenters. The number of benzene rings is 1. The fourth-order valence-corrected chi connectivity index (χ4v) is 3.72. The largest absolute Gasteiger partial charge is 0.423 e. The monoisotopic (exact) mass is 412 g/mol. The molecule has 1 aromatic carbocycles. The summed E-state index contributed by atoms with van der Waals surface area (Å²) in [4.78, 5) is 38.1. The zero-order chi connectivity index (χ0) is 19.6. The first-order valence-corrected chi connectivity index (χ1v) is 10.3. The van der Waals surface area contributed by atoms with Crippen molar-refractivity contribution >= 4 is 35.7 Å². The number of fused-ring (bicyclic) bond motifs is 1. The van der Waals surface area contributed by atoms with Crippen LogP contribution in [0.5, 0.6) is 5.75 Å². The molecule has 142 valence electrons. The molecule has 3 aromatic rings. The van der Waals surface area contributed by atoms with E-state index in [1.54, 1.807) is 16.8 Å². The van der Waals surface area contributed by atoms with Gasteiger partial charge in [0.1, 0.15) is 5.75 Å². The SMILES string of the molecule is CP(=O)(ONCc1cc([N+](=O)[O-])cc2[nH]c(=O)c(=O)[nH]c12)Oc1ccsc1. The number of nitro groups is 1. The highest BCUT2D eigenvalue weighted by Gasteiger charge is 2.20. The Morgan fingerprint density at radius 3 is 2.70 bits per heavy atom. The number of non-ortho nitro benzene ring substituents is 1. The molecular formula is C14H13N4O7PS. The lowest BCUT2D eigenvalue weighted by molar-refractivity contribution is -0.384. The first-order chi connectivity index (χ1) is 12.7. The molecule has 3 rings (SSSR count). The maximum absolute atomic E-state index is 12.3. The minimum atomic E-state index is -3.49. The van der Waals surface area contributed by atoms with Crippen LogP contribution in [0.15, 0.2) is 38.5 Å². The number of aromatic nitrogens is 2. The fraction of sp³-hybridized carbons (Fsp3) is 0.143. The molecule has 0 aliphatic rings. The van der Waals surface area contributed by atoms with Crippen LogP contribution in [0.1, 0.15) is 5.56 Å². The molecule has 2 heterocycles. The summed E-state index contributed by atoms with van der Waals surface area (Å²) < 4.78 is 22.6. The molecule has 11 nitrogen and oxygen atoms in total. The molecule has 0 aliphatic carbocycles. The predicted octanol–water partition coefficient (Wildman–Crippen LogP) is 2.11. The Morgan fingerprint density at radius 2 is 2.04 bits per heavy atom. The third-order valence-corrected chi connectivity index (χ3v) is 5.03. The lowest BCUT2D eigenvalue weighted by Crippen LogP contribution is -2.29. The number of nitro benzene ring substituents is 1. The highest BCUT2D eigenvalue weighted by Crippen LogP contribution is 2.43. The molecule has 13 heteroatoms. The minimum Gasteiger partial charge on any atom is -0.423 e. The highest BCUT2D eigenvalue weighted by atomic mass is 32.1. The molecule has 0 saturated heterocycles. The molecule has 1 unspecified atom stereocenters. The summed E-state index contributed by atoms with van der Waals surface area (Å²) in [7, 11) is -3.49. The summed E-state index contributed by atoms with van der Waals surface area (Å²) >= 11 is 1.36. The Labute approximate surface area is 154 Å². The average Bonchev–Trinajstić information content (AvgIpc) is 3.08. The molecule has 2 aromatic heterocycles. The van der Waals surface area contributed by atoms with E-state index in [-0.39, 0.29) is 28.8 Å². The predicted molar refractivity (Wildman–Crippen MR) is 98.2 cm³/mol. The summed E-state index contributed by atoms with van der Waals surface area (Å²) in [5.41, 5.74) is 0.820. The van der Waals surface area contributed by atoms with Crippen LogP contribution >= 0.6 is 18.9 Å². The number of thiophene rings is 1. The second-order valence-corrected chi connectivity index (χ2v) is 8.11. The molecule has 0 fully saturated rings. The lowest BCUT2D eigenvalue weighted by Gasteiger charge is -2.15. The highest BCUT2D eigenvalue weighted by molar-refractivity contribution is 7.53. The van der Waals surface area contributed by atoms with Crippen molar-refractivity contribution in [2.24, 2.45) is 0 Å². The van der Waals surface area contributed by atoms with E-state index in [1.807, 2.05) is 0 Å². The molecule has 27 heavy (non-hydrogen) atoms. The summed E-state index contributed by atoms with van der Waals surface area (Å²) in [5, 5.41) is 14.5. The Bertz CT molecular complexity index is 1150. The lowest BCUT2D eigenvalue weighted by atomic mass is 10.1. The van der Waals surface area contributed by atoms with Crippen LogP contribution in [0.25, 0.3) is 11.0 Å². The average molecular weight is 412 g/mol. The van der Waals surface area contributed by atoms with Crippen molar-refractivity contribution in [1.29, 1.82) is 0 Å². The van der Waals surface area contributed by atoms with Gasteiger partial charge < -0.3 is 14.5 Å². The number of hydrogen-bond acceptors (Lipinski definition) is 9. The minimum absolute atomic E-state index is 0.0832. The number of hydrogen-bond donors (Lipinski definition) is 3. The van der Waals surface area contributed by atoms with Gasteiger partial charge in [0.25, 0.3) is 5.69 Å². The summed E-state index contributed by atoms with van der Waals surface area (Å²) in [6, 6.07) is 3.95. The summed E-state index contributed by atoms with van der Waals surface area (Å²) in [6.45, 7) is 1.10. The molecular weight excluding hydrogens is 399 g/mol. The number of nitrogens with one attached hydrogen (secondary N) is 3. The van der Waals surface area contributed by atoms with Crippen LogP contribution in [0.3, 0.4) is 0 Å². The molecule has 0 radical (unpaired) electrons. The Kier molecular flexibility index (Phi) is 5.24. The molecule has 0 saturated carbocycles. The van der Waals surface area contributed by atoms with Gasteiger partial charge in [-0.05, 0) is 11.4 Å². The number of aromatic amines is 2.